The van der Waals surface area contributed by atoms with Crippen molar-refractivity contribution in [1.82, 2.24) is 0 Å². The predicted molar refractivity (Wildman–Crippen MR) is 156 cm³/mol. The zero-order valence-corrected chi connectivity index (χ0v) is 22.8. The van der Waals surface area contributed by atoms with E-state index in [2.05, 4.69) is 55.3 Å². The topological polar surface area (TPSA) is 93.7 Å². The third kappa shape index (κ3) is 6.87. The molecule has 1 aromatic carbocycles. The molecule has 5 atom stereocenters. The van der Waals surface area contributed by atoms with E-state index in [-0.39, 0.29) is 5.57 Å². The van der Waals surface area contributed by atoms with Crippen LogP contribution in [-0.4, -0.2) is 33.8 Å². The van der Waals surface area contributed by atoms with Gasteiger partial charge in [0.2, 0.25) is 0 Å². The largest absolute Gasteiger partial charge is 0.477 e. The number of allylic oxidation sites excluding steroid dienone is 6. The van der Waals surface area contributed by atoms with Crippen molar-refractivity contribution >= 4 is 23.5 Å². The molecule has 3 aliphatic carbocycles. The minimum absolute atomic E-state index is 0.0188. The van der Waals surface area contributed by atoms with E-state index in [1.54, 1.807) is 6.08 Å². The van der Waals surface area contributed by atoms with Crippen molar-refractivity contribution in [1.29, 1.82) is 5.41 Å². The number of carboxylic acid groups (broad SMARTS) is 1. The van der Waals surface area contributed by atoms with E-state index in [0.717, 1.165) is 43.4 Å². The summed E-state index contributed by atoms with van der Waals surface area (Å²) in [5.41, 5.74) is 3.51. The van der Waals surface area contributed by atoms with Crippen LogP contribution in [0.4, 0.5) is 0 Å². The fourth-order valence-electron chi connectivity index (χ4n) is 6.54. The molecule has 5 nitrogen and oxygen atoms in total. The van der Waals surface area contributed by atoms with Gasteiger partial charge < -0.3 is 10.2 Å². The summed E-state index contributed by atoms with van der Waals surface area (Å²) < 4.78 is 0. The number of hydrogen-bond donors (Lipinski definition) is 3. The van der Waals surface area contributed by atoms with E-state index in [4.69, 9.17) is 5.41 Å². The van der Waals surface area contributed by atoms with Crippen molar-refractivity contribution < 1.29 is 15.0 Å². The molecule has 38 heavy (non-hydrogen) atoms. The first kappa shape index (κ1) is 28.0. The average molecular weight is 515 g/mol. The Labute approximate surface area is 227 Å². The van der Waals surface area contributed by atoms with Crippen LogP contribution < -0.4 is 0 Å². The van der Waals surface area contributed by atoms with Crippen molar-refractivity contribution in [3.05, 3.63) is 76.9 Å². The lowest BCUT2D eigenvalue weighted by Crippen LogP contribution is -2.23. The Kier molecular flexibility index (Phi) is 9.68. The Morgan fingerprint density at radius 1 is 1.21 bits per heavy atom. The molecule has 4 rings (SSSR count). The molecule has 0 heterocycles. The van der Waals surface area contributed by atoms with Gasteiger partial charge in [-0.3, -0.25) is 10.4 Å². The highest BCUT2D eigenvalue weighted by molar-refractivity contribution is 6.42. The molecule has 0 spiro atoms. The molecule has 0 aliphatic heterocycles. The van der Waals surface area contributed by atoms with Crippen molar-refractivity contribution in [2.24, 2.45) is 22.7 Å². The normalized spacial score (nSPS) is 26.0. The molecular weight excluding hydrogens is 472 g/mol. The maximum absolute atomic E-state index is 11.7. The molecule has 1 saturated carbocycles. The number of rotatable bonds is 10. The van der Waals surface area contributed by atoms with Gasteiger partial charge in [-0.05, 0) is 104 Å². The van der Waals surface area contributed by atoms with Crippen molar-refractivity contribution in [3.63, 3.8) is 0 Å². The van der Waals surface area contributed by atoms with Gasteiger partial charge >= 0.3 is 5.97 Å². The maximum atomic E-state index is 11.7. The first-order valence-electron chi connectivity index (χ1n) is 14.3. The number of aliphatic hydroxyl groups excluding tert-OH is 1. The Hall–Kier alpha value is -3.05. The highest BCUT2D eigenvalue weighted by Crippen LogP contribution is 2.47. The Morgan fingerprint density at radius 3 is 2.74 bits per heavy atom. The van der Waals surface area contributed by atoms with Crippen molar-refractivity contribution in [2.45, 2.75) is 83.8 Å². The van der Waals surface area contributed by atoms with Crippen LogP contribution in [0, 0.1) is 30.1 Å². The second-order valence-electron chi connectivity index (χ2n) is 11.1. The third-order valence-electron chi connectivity index (χ3n) is 8.58. The lowest BCUT2D eigenvalue weighted by atomic mass is 9.73. The van der Waals surface area contributed by atoms with E-state index in [9.17, 15) is 15.0 Å². The van der Waals surface area contributed by atoms with E-state index >= 15 is 0 Å². The number of nitrogens with one attached hydrogen (secondary N) is 1. The van der Waals surface area contributed by atoms with Crippen LogP contribution in [-0.2, 0) is 4.79 Å². The van der Waals surface area contributed by atoms with Crippen LogP contribution >= 0.6 is 0 Å². The molecule has 3 aliphatic rings. The second-order valence-corrected chi connectivity index (χ2v) is 11.1. The molecule has 1 fully saturated rings. The SMILES string of the molecule is CCC(CC1C=CC=CC1)C1CCCC1c1cc(C=C(C(=N)C(=O)O)C(O)N=C2C=CCCC2)ccc1C. The van der Waals surface area contributed by atoms with E-state index in [1.807, 2.05) is 18.2 Å². The molecule has 0 amide bonds. The molecule has 5 unspecified atom stereocenters. The molecule has 0 bridgehead atoms. The number of aliphatic carboxylic acids is 1. The van der Waals surface area contributed by atoms with Gasteiger partial charge in [0.05, 0.1) is 0 Å². The number of hydrogen-bond acceptors (Lipinski definition) is 4. The molecular formula is C33H42N2O3. The Morgan fingerprint density at radius 2 is 2.05 bits per heavy atom. The number of aliphatic hydroxyl groups is 1. The molecule has 1 aromatic rings. The lowest BCUT2D eigenvalue weighted by Gasteiger charge is -2.31. The fraction of sp³-hybridized carbons (Fsp3) is 0.485. The summed E-state index contributed by atoms with van der Waals surface area (Å²) in [5, 5.41) is 28.6. The van der Waals surface area contributed by atoms with E-state index in [1.165, 1.54) is 36.8 Å². The summed E-state index contributed by atoms with van der Waals surface area (Å²) in [5.74, 6) is 1.02. The minimum Gasteiger partial charge on any atom is -0.477 e. The number of carboxylic acids is 1. The smallest absolute Gasteiger partial charge is 0.354 e. The third-order valence-corrected chi connectivity index (χ3v) is 8.58. The van der Waals surface area contributed by atoms with Crippen LogP contribution in [0.5, 0.6) is 0 Å². The van der Waals surface area contributed by atoms with E-state index < -0.39 is 17.9 Å². The standard InChI is InChI=1S/C33H42N2O3/c1-3-25(19-23-11-6-4-7-12-23)27-15-10-16-28(27)29-20-24(18-17-22(29)2)21-30(31(34)33(37)38)32(36)35-26-13-8-5-9-14-26/h4,6-8,11,13,17-18,20-21,23,25,27-28,32,34,36H,3,5,9-10,12,14-16,19H2,1-2H3,(H,37,38). The van der Waals surface area contributed by atoms with Crippen LogP contribution in [0.25, 0.3) is 6.08 Å². The summed E-state index contributed by atoms with van der Waals surface area (Å²) in [4.78, 5) is 16.1. The number of benzene rings is 1. The highest BCUT2D eigenvalue weighted by atomic mass is 16.4. The first-order chi connectivity index (χ1) is 18.4. The van der Waals surface area contributed by atoms with Crippen LogP contribution in [0.15, 0.2) is 65.2 Å². The summed E-state index contributed by atoms with van der Waals surface area (Å²) in [6.07, 6.45) is 22.9. The van der Waals surface area contributed by atoms with Crippen LogP contribution in [0.1, 0.15) is 87.3 Å². The molecule has 0 radical (unpaired) electrons. The fourth-order valence-corrected chi connectivity index (χ4v) is 6.54. The number of aliphatic imine (C=N–C) groups is 1. The average Bonchev–Trinajstić information content (AvgIpc) is 3.41. The first-order valence-corrected chi connectivity index (χ1v) is 14.3. The Balaban J connectivity index is 1.62. The van der Waals surface area contributed by atoms with Gasteiger partial charge in [0.25, 0.3) is 0 Å². The zero-order valence-electron chi connectivity index (χ0n) is 22.8. The molecule has 202 valence electrons. The lowest BCUT2D eigenvalue weighted by molar-refractivity contribution is -0.129. The minimum atomic E-state index is -1.39. The molecule has 5 heteroatoms. The summed E-state index contributed by atoms with van der Waals surface area (Å²) in [6, 6.07) is 6.20. The van der Waals surface area contributed by atoms with Gasteiger partial charge in [-0.2, -0.15) is 0 Å². The van der Waals surface area contributed by atoms with Gasteiger partial charge in [-0.1, -0.05) is 68.3 Å². The zero-order chi connectivity index (χ0) is 27.1. The van der Waals surface area contributed by atoms with Gasteiger partial charge in [0.15, 0.2) is 6.23 Å². The van der Waals surface area contributed by atoms with Crippen LogP contribution in [0.2, 0.25) is 0 Å². The number of carbonyl (C=O) groups is 1. The summed E-state index contributed by atoms with van der Waals surface area (Å²) >= 11 is 0. The monoisotopic (exact) mass is 514 g/mol. The molecule has 0 aromatic heterocycles. The second kappa shape index (κ2) is 13.1. The molecule has 3 N–H and O–H groups in total. The quantitative estimate of drug-likeness (QED) is 0.284. The van der Waals surface area contributed by atoms with Gasteiger partial charge in [-0.15, -0.1) is 0 Å². The predicted octanol–water partition coefficient (Wildman–Crippen LogP) is 7.41. The number of nitrogens with zero attached hydrogens (tertiary/aromatic N) is 1. The summed E-state index contributed by atoms with van der Waals surface area (Å²) in [7, 11) is 0. The summed E-state index contributed by atoms with van der Waals surface area (Å²) in [6.45, 7) is 4.48. The van der Waals surface area contributed by atoms with E-state index in [0.29, 0.717) is 23.7 Å². The van der Waals surface area contributed by atoms with Gasteiger partial charge in [0, 0.05) is 11.3 Å². The van der Waals surface area contributed by atoms with Gasteiger partial charge in [-0.25, -0.2) is 4.79 Å². The number of aryl methyl sites for hydroxylation is 1. The van der Waals surface area contributed by atoms with Gasteiger partial charge in [0.1, 0.15) is 5.71 Å². The Bertz CT molecular complexity index is 1170. The maximum Gasteiger partial charge on any atom is 0.354 e. The van der Waals surface area contributed by atoms with Crippen molar-refractivity contribution in [3.8, 4) is 0 Å². The van der Waals surface area contributed by atoms with Crippen molar-refractivity contribution in [2.75, 3.05) is 0 Å². The van der Waals surface area contributed by atoms with Crippen LogP contribution in [0.3, 0.4) is 0 Å². The molecule has 0 saturated heterocycles. The highest BCUT2D eigenvalue weighted by Gasteiger charge is 2.35.